The van der Waals surface area contributed by atoms with Gasteiger partial charge in [-0.1, -0.05) is 29.8 Å². The lowest BCUT2D eigenvalue weighted by Gasteiger charge is -2.15. The number of rotatable bonds is 3. The van der Waals surface area contributed by atoms with Crippen LogP contribution >= 0.6 is 11.6 Å². The molecule has 2 rings (SSSR count). The molecule has 0 radical (unpaired) electrons. The van der Waals surface area contributed by atoms with Gasteiger partial charge < -0.3 is 5.32 Å². The van der Waals surface area contributed by atoms with Crippen LogP contribution in [0.5, 0.6) is 0 Å². The number of nitrogens with zero attached hydrogens (tertiary/aromatic N) is 1. The summed E-state index contributed by atoms with van der Waals surface area (Å²) in [5, 5.41) is 12.2. The van der Waals surface area contributed by atoms with Crippen molar-refractivity contribution in [2.75, 3.05) is 0 Å². The van der Waals surface area contributed by atoms with E-state index in [9.17, 15) is 4.79 Å². The van der Waals surface area contributed by atoms with E-state index in [1.54, 1.807) is 30.3 Å². The summed E-state index contributed by atoms with van der Waals surface area (Å²) in [7, 11) is 0. The Bertz CT molecular complexity index is 659. The second kappa shape index (κ2) is 6.23. The van der Waals surface area contributed by atoms with E-state index in [1.165, 1.54) is 0 Å². The predicted octanol–water partition coefficient (Wildman–Crippen LogP) is 3.70. The predicted molar refractivity (Wildman–Crippen MR) is 78.5 cm³/mol. The fourth-order valence-corrected chi connectivity index (χ4v) is 2.18. The molecule has 0 aliphatic rings. The molecule has 0 saturated heterocycles. The highest BCUT2D eigenvalue weighted by molar-refractivity contribution is 6.31. The Kier molecular flexibility index (Phi) is 4.39. The van der Waals surface area contributed by atoms with Gasteiger partial charge in [0.1, 0.15) is 0 Å². The largest absolute Gasteiger partial charge is 0.345 e. The molecule has 100 valence electrons. The van der Waals surface area contributed by atoms with Crippen LogP contribution in [0.1, 0.15) is 34.5 Å². The molecule has 1 N–H and O–H groups in total. The van der Waals surface area contributed by atoms with E-state index in [1.807, 2.05) is 31.2 Å². The van der Waals surface area contributed by atoms with Gasteiger partial charge in [-0.25, -0.2) is 0 Å². The second-order valence-electron chi connectivity index (χ2n) is 4.41. The molecule has 20 heavy (non-hydrogen) atoms. The van der Waals surface area contributed by atoms with Crippen LogP contribution in [0.2, 0.25) is 5.02 Å². The van der Waals surface area contributed by atoms with Crippen molar-refractivity contribution in [3.05, 3.63) is 70.2 Å². The highest BCUT2D eigenvalue weighted by atomic mass is 35.5. The first-order valence-corrected chi connectivity index (χ1v) is 6.55. The molecule has 1 unspecified atom stereocenters. The number of hydrogen-bond acceptors (Lipinski definition) is 2. The summed E-state index contributed by atoms with van der Waals surface area (Å²) < 4.78 is 0. The minimum atomic E-state index is -0.193. The number of nitriles is 1. The van der Waals surface area contributed by atoms with Crippen molar-refractivity contribution in [2.24, 2.45) is 0 Å². The van der Waals surface area contributed by atoms with Gasteiger partial charge in [-0.3, -0.25) is 4.79 Å². The van der Waals surface area contributed by atoms with Crippen LogP contribution in [0.25, 0.3) is 0 Å². The van der Waals surface area contributed by atoms with Crippen LogP contribution in [0.15, 0.2) is 48.5 Å². The standard InChI is InChI=1S/C16H13ClN2O/c1-11(14-4-2-3-5-15(14)17)19-16(20)13-8-6-12(10-18)7-9-13/h2-9,11H,1H3,(H,19,20). The first-order chi connectivity index (χ1) is 9.61. The summed E-state index contributed by atoms with van der Waals surface area (Å²) in [6.45, 7) is 1.88. The zero-order valence-corrected chi connectivity index (χ0v) is 11.7. The topological polar surface area (TPSA) is 52.9 Å². The van der Waals surface area contributed by atoms with Gasteiger partial charge in [0.15, 0.2) is 0 Å². The van der Waals surface area contributed by atoms with Crippen LogP contribution < -0.4 is 5.32 Å². The first-order valence-electron chi connectivity index (χ1n) is 6.17. The van der Waals surface area contributed by atoms with Crippen LogP contribution in [-0.4, -0.2) is 5.91 Å². The van der Waals surface area contributed by atoms with Crippen LogP contribution in [0, 0.1) is 11.3 Å². The number of carbonyl (C=O) groups excluding carboxylic acids is 1. The van der Waals surface area contributed by atoms with E-state index in [4.69, 9.17) is 16.9 Å². The molecular formula is C16H13ClN2O. The average Bonchev–Trinajstić information content (AvgIpc) is 2.47. The smallest absolute Gasteiger partial charge is 0.251 e. The molecule has 0 bridgehead atoms. The van der Waals surface area contributed by atoms with Gasteiger partial charge in [-0.2, -0.15) is 5.26 Å². The number of benzene rings is 2. The van der Waals surface area contributed by atoms with Crippen LogP contribution in [-0.2, 0) is 0 Å². The zero-order chi connectivity index (χ0) is 14.5. The number of carbonyl (C=O) groups is 1. The summed E-state index contributed by atoms with van der Waals surface area (Å²) in [5.41, 5.74) is 1.92. The van der Waals surface area contributed by atoms with E-state index in [-0.39, 0.29) is 11.9 Å². The molecule has 1 amide bonds. The maximum absolute atomic E-state index is 12.1. The van der Waals surface area contributed by atoms with Gasteiger partial charge in [0.05, 0.1) is 17.7 Å². The van der Waals surface area contributed by atoms with Crippen molar-refractivity contribution < 1.29 is 4.79 Å². The van der Waals surface area contributed by atoms with Gasteiger partial charge in [0.25, 0.3) is 5.91 Å². The lowest BCUT2D eigenvalue weighted by atomic mass is 10.1. The highest BCUT2D eigenvalue weighted by Crippen LogP contribution is 2.22. The number of halogens is 1. The molecule has 0 saturated carbocycles. The average molecular weight is 285 g/mol. The minimum Gasteiger partial charge on any atom is -0.345 e. The maximum Gasteiger partial charge on any atom is 0.251 e. The Balaban J connectivity index is 2.11. The Morgan fingerprint density at radius 3 is 2.45 bits per heavy atom. The third-order valence-electron chi connectivity index (χ3n) is 3.00. The van der Waals surface area contributed by atoms with Crippen LogP contribution in [0.3, 0.4) is 0 Å². The van der Waals surface area contributed by atoms with Gasteiger partial charge in [0.2, 0.25) is 0 Å². The fraction of sp³-hybridized carbons (Fsp3) is 0.125. The van der Waals surface area contributed by atoms with Crippen molar-refractivity contribution in [2.45, 2.75) is 13.0 Å². The molecule has 0 heterocycles. The minimum absolute atomic E-state index is 0.188. The number of amides is 1. The van der Waals surface area contributed by atoms with Gasteiger partial charge >= 0.3 is 0 Å². The second-order valence-corrected chi connectivity index (χ2v) is 4.81. The Hall–Kier alpha value is -2.31. The fourth-order valence-electron chi connectivity index (χ4n) is 1.88. The third kappa shape index (κ3) is 3.17. The van der Waals surface area contributed by atoms with Crippen molar-refractivity contribution in [1.29, 1.82) is 5.26 Å². The summed E-state index contributed by atoms with van der Waals surface area (Å²) in [6.07, 6.45) is 0. The van der Waals surface area contributed by atoms with Crippen molar-refractivity contribution >= 4 is 17.5 Å². The molecule has 0 aliphatic heterocycles. The third-order valence-corrected chi connectivity index (χ3v) is 3.34. The molecule has 0 spiro atoms. The molecule has 1 atom stereocenters. The van der Waals surface area contributed by atoms with Gasteiger partial charge in [-0.05, 0) is 42.8 Å². The molecular weight excluding hydrogens is 272 g/mol. The number of nitrogens with one attached hydrogen (secondary N) is 1. The van der Waals surface area contributed by atoms with Crippen molar-refractivity contribution in [3.63, 3.8) is 0 Å². The molecule has 0 aliphatic carbocycles. The lowest BCUT2D eigenvalue weighted by Crippen LogP contribution is -2.26. The Morgan fingerprint density at radius 1 is 1.20 bits per heavy atom. The van der Waals surface area contributed by atoms with E-state index < -0.39 is 0 Å². The quantitative estimate of drug-likeness (QED) is 0.934. The number of hydrogen-bond donors (Lipinski definition) is 1. The first kappa shape index (κ1) is 14.1. The molecule has 2 aromatic carbocycles. The Morgan fingerprint density at radius 2 is 1.85 bits per heavy atom. The lowest BCUT2D eigenvalue weighted by molar-refractivity contribution is 0.0940. The van der Waals surface area contributed by atoms with Gasteiger partial charge in [0, 0.05) is 10.6 Å². The van der Waals surface area contributed by atoms with Crippen LogP contribution in [0.4, 0.5) is 0 Å². The van der Waals surface area contributed by atoms with E-state index in [2.05, 4.69) is 5.32 Å². The molecule has 4 heteroatoms. The maximum atomic E-state index is 12.1. The van der Waals surface area contributed by atoms with E-state index in [0.29, 0.717) is 16.1 Å². The molecule has 0 aromatic heterocycles. The summed E-state index contributed by atoms with van der Waals surface area (Å²) >= 11 is 6.10. The van der Waals surface area contributed by atoms with Crippen molar-refractivity contribution in [3.8, 4) is 6.07 Å². The SMILES string of the molecule is CC(NC(=O)c1ccc(C#N)cc1)c1ccccc1Cl. The normalized spacial score (nSPS) is 11.4. The molecule has 3 nitrogen and oxygen atoms in total. The molecule has 0 fully saturated rings. The monoisotopic (exact) mass is 284 g/mol. The summed E-state index contributed by atoms with van der Waals surface area (Å²) in [4.78, 5) is 12.1. The van der Waals surface area contributed by atoms with Gasteiger partial charge in [-0.15, -0.1) is 0 Å². The van der Waals surface area contributed by atoms with E-state index >= 15 is 0 Å². The zero-order valence-electron chi connectivity index (χ0n) is 10.9. The highest BCUT2D eigenvalue weighted by Gasteiger charge is 2.13. The van der Waals surface area contributed by atoms with Crippen molar-refractivity contribution in [1.82, 2.24) is 5.32 Å². The van der Waals surface area contributed by atoms with E-state index in [0.717, 1.165) is 5.56 Å². The Labute approximate surface area is 122 Å². The summed E-state index contributed by atoms with van der Waals surface area (Å²) in [5.74, 6) is -0.193. The molecule has 2 aromatic rings. The summed E-state index contributed by atoms with van der Waals surface area (Å²) in [6, 6.07) is 15.7.